The molecule has 0 radical (unpaired) electrons. The number of amides is 1. The molecule has 0 aliphatic carbocycles. The second-order valence-electron chi connectivity index (χ2n) is 6.81. The van der Waals surface area contributed by atoms with E-state index in [0.717, 1.165) is 5.56 Å². The van der Waals surface area contributed by atoms with E-state index in [1.54, 1.807) is 36.4 Å². The number of anilines is 1. The van der Waals surface area contributed by atoms with Crippen LogP contribution >= 0.6 is 11.6 Å². The Labute approximate surface area is 173 Å². The molecule has 150 valence electrons. The summed E-state index contributed by atoms with van der Waals surface area (Å²) in [6, 6.07) is 15.6. The van der Waals surface area contributed by atoms with Crippen molar-refractivity contribution < 1.29 is 13.2 Å². The summed E-state index contributed by atoms with van der Waals surface area (Å²) in [6.07, 6.45) is 0.407. The van der Waals surface area contributed by atoms with E-state index in [1.807, 2.05) is 18.2 Å². The third-order valence-electron chi connectivity index (χ3n) is 4.71. The van der Waals surface area contributed by atoms with Crippen LogP contribution in [0.5, 0.6) is 0 Å². The molecule has 2 heterocycles. The number of para-hydroxylation sites is 1. The molecule has 1 aromatic heterocycles. The highest BCUT2D eigenvalue weighted by Crippen LogP contribution is 2.25. The van der Waals surface area contributed by atoms with Gasteiger partial charge in [-0.05, 0) is 48.0 Å². The number of nitrogens with zero attached hydrogens (tertiary/aromatic N) is 5. The van der Waals surface area contributed by atoms with E-state index in [2.05, 4.69) is 15.4 Å². The zero-order valence-electron chi connectivity index (χ0n) is 15.3. The van der Waals surface area contributed by atoms with Crippen molar-refractivity contribution in [3.8, 4) is 11.4 Å². The molecular weight excluding hydrogens is 414 g/mol. The Kier molecular flexibility index (Phi) is 5.33. The molecule has 1 aliphatic heterocycles. The van der Waals surface area contributed by atoms with Gasteiger partial charge >= 0.3 is 0 Å². The molecule has 2 aromatic carbocycles. The largest absolute Gasteiger partial charge is 0.307 e. The molecule has 29 heavy (non-hydrogen) atoms. The molecule has 1 amide bonds. The number of sulfone groups is 1. The van der Waals surface area contributed by atoms with Crippen LogP contribution in [0.3, 0.4) is 0 Å². The monoisotopic (exact) mass is 431 g/mol. The maximum absolute atomic E-state index is 13.1. The summed E-state index contributed by atoms with van der Waals surface area (Å²) in [4.78, 5) is 15.8. The van der Waals surface area contributed by atoms with Crippen LogP contribution in [-0.2, 0) is 21.2 Å². The van der Waals surface area contributed by atoms with Gasteiger partial charge in [0.15, 0.2) is 9.84 Å². The van der Waals surface area contributed by atoms with E-state index in [-0.39, 0.29) is 24.0 Å². The first-order valence-corrected chi connectivity index (χ1v) is 11.2. The Morgan fingerprint density at radius 2 is 1.86 bits per heavy atom. The number of aromatic nitrogens is 4. The third kappa shape index (κ3) is 4.46. The average molecular weight is 432 g/mol. The van der Waals surface area contributed by atoms with Crippen LogP contribution in [0.15, 0.2) is 54.6 Å². The van der Waals surface area contributed by atoms with E-state index in [4.69, 9.17) is 11.6 Å². The quantitative estimate of drug-likeness (QED) is 0.614. The smallest absolute Gasteiger partial charge is 0.250 e. The van der Waals surface area contributed by atoms with Gasteiger partial charge in [-0.2, -0.15) is 4.80 Å². The van der Waals surface area contributed by atoms with Gasteiger partial charge in [-0.3, -0.25) is 4.79 Å². The van der Waals surface area contributed by atoms with Crippen molar-refractivity contribution >= 4 is 33.0 Å². The highest BCUT2D eigenvalue weighted by Gasteiger charge is 2.35. The fraction of sp³-hybridized carbons (Fsp3) is 0.263. The van der Waals surface area contributed by atoms with Gasteiger partial charge in [-0.1, -0.05) is 29.8 Å². The van der Waals surface area contributed by atoms with Crippen LogP contribution < -0.4 is 4.90 Å². The number of carbonyl (C=O) groups excluding carboxylic acids is 1. The summed E-state index contributed by atoms with van der Waals surface area (Å²) in [5.74, 6) is 0.118. The normalized spacial score (nSPS) is 17.9. The van der Waals surface area contributed by atoms with E-state index in [1.165, 1.54) is 9.70 Å². The number of rotatable bonds is 5. The van der Waals surface area contributed by atoms with Gasteiger partial charge in [-0.15, -0.1) is 10.2 Å². The Morgan fingerprint density at radius 1 is 1.14 bits per heavy atom. The van der Waals surface area contributed by atoms with E-state index < -0.39 is 15.9 Å². The highest BCUT2D eigenvalue weighted by molar-refractivity contribution is 7.91. The van der Waals surface area contributed by atoms with Gasteiger partial charge in [0.1, 0.15) is 6.54 Å². The van der Waals surface area contributed by atoms with Crippen molar-refractivity contribution in [1.29, 1.82) is 0 Å². The molecule has 0 bridgehead atoms. The molecule has 0 spiro atoms. The topological polar surface area (TPSA) is 98.1 Å². The predicted octanol–water partition coefficient (Wildman–Crippen LogP) is 2.21. The fourth-order valence-electron chi connectivity index (χ4n) is 3.35. The van der Waals surface area contributed by atoms with Gasteiger partial charge in [0.2, 0.25) is 5.82 Å². The number of carbonyl (C=O) groups is 1. The molecule has 1 unspecified atom stereocenters. The lowest BCUT2D eigenvalue weighted by molar-refractivity contribution is -0.120. The SMILES string of the molecule is O=C(Cn1nnc(-c2ccc(Cl)cc2)n1)N(c1ccccc1)C1CCS(=O)(=O)C1. The number of tetrazole rings is 1. The van der Waals surface area contributed by atoms with Crippen LogP contribution in [0.4, 0.5) is 5.69 Å². The second kappa shape index (κ2) is 7.92. The molecule has 3 aromatic rings. The summed E-state index contributed by atoms with van der Waals surface area (Å²) in [5.41, 5.74) is 1.38. The molecule has 10 heteroatoms. The van der Waals surface area contributed by atoms with Crippen LogP contribution in [0.25, 0.3) is 11.4 Å². The van der Waals surface area contributed by atoms with Crippen molar-refractivity contribution in [2.45, 2.75) is 19.0 Å². The molecule has 1 saturated heterocycles. The van der Waals surface area contributed by atoms with E-state index in [0.29, 0.717) is 23.0 Å². The summed E-state index contributed by atoms with van der Waals surface area (Å²) in [5, 5.41) is 12.8. The predicted molar refractivity (Wildman–Crippen MR) is 109 cm³/mol. The molecule has 8 nitrogen and oxygen atoms in total. The maximum atomic E-state index is 13.1. The van der Waals surface area contributed by atoms with Gasteiger partial charge < -0.3 is 4.90 Å². The number of hydrogen-bond donors (Lipinski definition) is 0. The minimum absolute atomic E-state index is 0.0472. The van der Waals surface area contributed by atoms with Crippen LogP contribution in [-0.4, -0.2) is 52.1 Å². The maximum Gasteiger partial charge on any atom is 0.250 e. The van der Waals surface area contributed by atoms with Crippen LogP contribution in [0.2, 0.25) is 5.02 Å². The number of halogens is 1. The minimum Gasteiger partial charge on any atom is -0.307 e. The summed E-state index contributed by atoms with van der Waals surface area (Å²) in [6.45, 7) is -0.147. The van der Waals surface area contributed by atoms with Crippen molar-refractivity contribution in [3.63, 3.8) is 0 Å². The lowest BCUT2D eigenvalue weighted by Crippen LogP contribution is -2.43. The standard InChI is InChI=1S/C19H18ClN5O3S/c20-15-8-6-14(7-9-15)19-21-23-24(22-19)12-18(26)25(16-4-2-1-3-5-16)17-10-11-29(27,28)13-17/h1-9,17H,10-13H2. The molecular formula is C19H18ClN5O3S. The Bertz CT molecular complexity index is 1120. The first-order valence-electron chi connectivity index (χ1n) is 9.02. The molecule has 4 rings (SSSR count). The van der Waals surface area contributed by atoms with Crippen LogP contribution in [0, 0.1) is 0 Å². The molecule has 0 N–H and O–H groups in total. The summed E-state index contributed by atoms with van der Waals surface area (Å²) >= 11 is 5.89. The first-order chi connectivity index (χ1) is 13.9. The zero-order valence-corrected chi connectivity index (χ0v) is 16.9. The van der Waals surface area contributed by atoms with E-state index in [9.17, 15) is 13.2 Å². The molecule has 1 atom stereocenters. The van der Waals surface area contributed by atoms with Gasteiger partial charge in [0.05, 0.1) is 17.5 Å². The zero-order chi connectivity index (χ0) is 20.4. The van der Waals surface area contributed by atoms with E-state index >= 15 is 0 Å². The first kappa shape index (κ1) is 19.5. The third-order valence-corrected chi connectivity index (χ3v) is 6.71. The van der Waals surface area contributed by atoms with Gasteiger partial charge in [-0.25, -0.2) is 8.42 Å². The lowest BCUT2D eigenvalue weighted by atomic mass is 10.2. The minimum atomic E-state index is -3.15. The Morgan fingerprint density at radius 3 is 2.52 bits per heavy atom. The summed E-state index contributed by atoms with van der Waals surface area (Å²) < 4.78 is 23.9. The summed E-state index contributed by atoms with van der Waals surface area (Å²) in [7, 11) is -3.15. The van der Waals surface area contributed by atoms with Crippen molar-refractivity contribution in [2.75, 3.05) is 16.4 Å². The average Bonchev–Trinajstić information content (AvgIpc) is 3.30. The van der Waals surface area contributed by atoms with Crippen LogP contribution in [0.1, 0.15) is 6.42 Å². The molecule has 1 aliphatic rings. The molecule has 1 fully saturated rings. The fourth-order valence-corrected chi connectivity index (χ4v) is 5.17. The van der Waals surface area contributed by atoms with Crippen molar-refractivity contribution in [1.82, 2.24) is 20.2 Å². The highest BCUT2D eigenvalue weighted by atomic mass is 35.5. The van der Waals surface area contributed by atoms with Crippen molar-refractivity contribution in [3.05, 3.63) is 59.6 Å². The number of benzene rings is 2. The number of hydrogen-bond acceptors (Lipinski definition) is 6. The van der Waals surface area contributed by atoms with Crippen molar-refractivity contribution in [2.24, 2.45) is 0 Å². The lowest BCUT2D eigenvalue weighted by Gasteiger charge is -2.28. The Balaban J connectivity index is 1.56. The Hall–Kier alpha value is -2.78. The molecule has 0 saturated carbocycles. The van der Waals surface area contributed by atoms with Gasteiger partial charge in [0, 0.05) is 16.3 Å². The second-order valence-corrected chi connectivity index (χ2v) is 9.47. The van der Waals surface area contributed by atoms with Gasteiger partial charge in [0.25, 0.3) is 5.91 Å².